The molecule has 1 aromatic heterocycles. The molecule has 1 amide bonds. The number of carbonyl (C=O) groups is 1. The van der Waals surface area contributed by atoms with Crippen LogP contribution < -0.4 is 5.32 Å². The van der Waals surface area contributed by atoms with Crippen LogP contribution in [0.1, 0.15) is 40.3 Å². The van der Waals surface area contributed by atoms with E-state index in [0.717, 1.165) is 40.6 Å². The molecule has 0 unspecified atom stereocenters. The van der Waals surface area contributed by atoms with Crippen LogP contribution in [0.4, 0.5) is 0 Å². The van der Waals surface area contributed by atoms with Crippen molar-refractivity contribution in [1.29, 1.82) is 0 Å². The Morgan fingerprint density at radius 2 is 2.22 bits per heavy atom. The van der Waals surface area contributed by atoms with Crippen molar-refractivity contribution in [2.75, 3.05) is 6.54 Å². The fraction of sp³-hybridized carbons (Fsp3) is 0.412. The molecular formula is C17H20N2O2S2. The Morgan fingerprint density at radius 3 is 2.87 bits per heavy atom. The third-order valence-electron chi connectivity index (χ3n) is 4.04. The molecule has 23 heavy (non-hydrogen) atoms. The Bertz CT molecular complexity index is 695. The first-order chi connectivity index (χ1) is 11.1. The zero-order valence-electron chi connectivity index (χ0n) is 13.0. The first-order valence-electron chi connectivity index (χ1n) is 7.69. The largest absolute Gasteiger partial charge is 0.388 e. The quantitative estimate of drug-likeness (QED) is 0.786. The number of rotatable bonds is 6. The van der Waals surface area contributed by atoms with E-state index in [1.54, 1.807) is 23.1 Å². The van der Waals surface area contributed by atoms with Gasteiger partial charge >= 0.3 is 0 Å². The van der Waals surface area contributed by atoms with Crippen LogP contribution in [0.15, 0.2) is 34.5 Å². The molecule has 1 saturated carbocycles. The number of aryl methyl sites for hydroxylation is 1. The molecule has 122 valence electrons. The van der Waals surface area contributed by atoms with Gasteiger partial charge in [0, 0.05) is 22.6 Å². The average Bonchev–Trinajstić information content (AvgIpc) is 2.94. The summed E-state index contributed by atoms with van der Waals surface area (Å²) in [5.41, 5.74) is 0.999. The lowest BCUT2D eigenvalue weighted by Crippen LogP contribution is -2.47. The molecule has 0 bridgehead atoms. The van der Waals surface area contributed by atoms with E-state index in [-0.39, 0.29) is 5.91 Å². The lowest BCUT2D eigenvalue weighted by Gasteiger charge is -2.36. The Morgan fingerprint density at radius 1 is 1.43 bits per heavy atom. The van der Waals surface area contributed by atoms with Crippen molar-refractivity contribution in [1.82, 2.24) is 10.3 Å². The SMILES string of the molecule is Cc1nc(CSc2ccccc2C(=O)NCC2(O)CCC2)cs1. The van der Waals surface area contributed by atoms with Crippen LogP contribution in [0.5, 0.6) is 0 Å². The maximum absolute atomic E-state index is 12.4. The minimum Gasteiger partial charge on any atom is -0.388 e. The van der Waals surface area contributed by atoms with E-state index in [9.17, 15) is 9.90 Å². The van der Waals surface area contributed by atoms with Crippen molar-refractivity contribution in [2.24, 2.45) is 0 Å². The number of amides is 1. The van der Waals surface area contributed by atoms with Crippen molar-refractivity contribution in [3.63, 3.8) is 0 Å². The lowest BCUT2D eigenvalue weighted by molar-refractivity contribution is -0.0300. The second-order valence-corrected chi connectivity index (χ2v) is 7.98. The number of nitrogens with one attached hydrogen (secondary N) is 1. The van der Waals surface area contributed by atoms with Crippen molar-refractivity contribution >= 4 is 29.0 Å². The van der Waals surface area contributed by atoms with E-state index in [1.807, 2.05) is 31.2 Å². The minimum absolute atomic E-state index is 0.122. The van der Waals surface area contributed by atoms with Crippen LogP contribution in [0.25, 0.3) is 0 Å². The summed E-state index contributed by atoms with van der Waals surface area (Å²) in [5.74, 6) is 0.626. The van der Waals surface area contributed by atoms with Gasteiger partial charge in [-0.25, -0.2) is 4.98 Å². The first kappa shape index (κ1) is 16.5. The van der Waals surface area contributed by atoms with Gasteiger partial charge in [0.15, 0.2) is 0 Å². The highest BCUT2D eigenvalue weighted by molar-refractivity contribution is 7.98. The molecule has 0 spiro atoms. The summed E-state index contributed by atoms with van der Waals surface area (Å²) in [6.45, 7) is 2.32. The number of carbonyl (C=O) groups excluding carboxylic acids is 1. The van der Waals surface area contributed by atoms with Crippen LogP contribution in [0, 0.1) is 6.92 Å². The van der Waals surface area contributed by atoms with Crippen LogP contribution >= 0.6 is 23.1 Å². The molecule has 0 saturated heterocycles. The molecule has 0 aliphatic heterocycles. The van der Waals surface area contributed by atoms with E-state index >= 15 is 0 Å². The Labute approximate surface area is 144 Å². The van der Waals surface area contributed by atoms with Gasteiger partial charge in [-0.3, -0.25) is 4.79 Å². The predicted molar refractivity (Wildman–Crippen MR) is 94.0 cm³/mol. The van der Waals surface area contributed by atoms with Gasteiger partial charge in [0.05, 0.1) is 21.9 Å². The molecule has 3 rings (SSSR count). The Kier molecular flexibility index (Phi) is 5.04. The van der Waals surface area contributed by atoms with Crippen molar-refractivity contribution in [2.45, 2.75) is 42.4 Å². The van der Waals surface area contributed by atoms with Crippen molar-refractivity contribution in [3.05, 3.63) is 45.9 Å². The number of aliphatic hydroxyl groups is 1. The molecule has 2 N–H and O–H groups in total. The summed E-state index contributed by atoms with van der Waals surface area (Å²) < 4.78 is 0. The molecule has 4 nitrogen and oxygen atoms in total. The number of nitrogens with zero attached hydrogens (tertiary/aromatic N) is 1. The standard InChI is InChI=1S/C17H20N2O2S2/c1-12-19-13(9-22-12)10-23-15-6-3-2-5-14(15)16(20)18-11-17(21)7-4-8-17/h2-3,5-6,9,21H,4,7-8,10-11H2,1H3,(H,18,20). The van der Waals surface area contributed by atoms with Gasteiger partial charge in [-0.15, -0.1) is 23.1 Å². The highest BCUT2D eigenvalue weighted by Gasteiger charge is 2.34. The maximum Gasteiger partial charge on any atom is 0.252 e. The summed E-state index contributed by atoms with van der Waals surface area (Å²) >= 11 is 3.25. The summed E-state index contributed by atoms with van der Waals surface area (Å²) in [6, 6.07) is 7.58. The third kappa shape index (κ3) is 4.13. The van der Waals surface area contributed by atoms with Gasteiger partial charge in [-0.1, -0.05) is 12.1 Å². The lowest BCUT2D eigenvalue weighted by atomic mass is 9.80. The fourth-order valence-corrected chi connectivity index (χ4v) is 4.17. The number of hydrogen-bond acceptors (Lipinski definition) is 5. The normalized spacial score (nSPS) is 15.9. The monoisotopic (exact) mass is 348 g/mol. The first-order valence-corrected chi connectivity index (χ1v) is 9.56. The van der Waals surface area contributed by atoms with E-state index in [4.69, 9.17) is 0 Å². The molecule has 2 aromatic rings. The van der Waals surface area contributed by atoms with Crippen LogP contribution in [-0.2, 0) is 5.75 Å². The van der Waals surface area contributed by atoms with E-state index < -0.39 is 5.60 Å². The van der Waals surface area contributed by atoms with Gasteiger partial charge < -0.3 is 10.4 Å². The number of hydrogen-bond donors (Lipinski definition) is 2. The van der Waals surface area contributed by atoms with Gasteiger partial charge in [0.25, 0.3) is 5.91 Å². The second kappa shape index (κ2) is 7.03. The highest BCUT2D eigenvalue weighted by Crippen LogP contribution is 2.31. The number of benzene rings is 1. The van der Waals surface area contributed by atoms with Crippen LogP contribution in [0.3, 0.4) is 0 Å². The summed E-state index contributed by atoms with van der Waals surface area (Å²) in [4.78, 5) is 17.8. The molecule has 1 aliphatic rings. The maximum atomic E-state index is 12.4. The van der Waals surface area contributed by atoms with Crippen molar-refractivity contribution < 1.29 is 9.90 Å². The zero-order valence-corrected chi connectivity index (χ0v) is 14.7. The molecule has 1 heterocycles. The molecule has 0 radical (unpaired) electrons. The van der Waals surface area contributed by atoms with E-state index in [2.05, 4.69) is 15.7 Å². The Balaban J connectivity index is 1.63. The number of aromatic nitrogens is 1. The molecule has 6 heteroatoms. The summed E-state index contributed by atoms with van der Waals surface area (Å²) in [7, 11) is 0. The fourth-order valence-electron chi connectivity index (χ4n) is 2.51. The Hall–Kier alpha value is -1.37. The van der Waals surface area contributed by atoms with E-state index in [1.165, 1.54) is 0 Å². The van der Waals surface area contributed by atoms with Gasteiger partial charge in [0.2, 0.25) is 0 Å². The summed E-state index contributed by atoms with van der Waals surface area (Å²) in [6.07, 6.45) is 2.57. The predicted octanol–water partition coefficient (Wildman–Crippen LogP) is 3.39. The van der Waals surface area contributed by atoms with E-state index in [0.29, 0.717) is 12.1 Å². The molecule has 0 atom stereocenters. The average molecular weight is 348 g/mol. The van der Waals surface area contributed by atoms with Crippen LogP contribution in [-0.4, -0.2) is 28.1 Å². The molecule has 1 aromatic carbocycles. The zero-order chi connectivity index (χ0) is 16.3. The second-order valence-electron chi connectivity index (χ2n) is 5.90. The number of thioether (sulfide) groups is 1. The molecular weight excluding hydrogens is 328 g/mol. The highest BCUT2D eigenvalue weighted by atomic mass is 32.2. The number of thiazole rings is 1. The van der Waals surface area contributed by atoms with Gasteiger partial charge in [-0.05, 0) is 38.3 Å². The van der Waals surface area contributed by atoms with Crippen LogP contribution in [0.2, 0.25) is 0 Å². The van der Waals surface area contributed by atoms with Gasteiger partial charge in [-0.2, -0.15) is 0 Å². The van der Waals surface area contributed by atoms with Gasteiger partial charge in [0.1, 0.15) is 0 Å². The molecule has 1 aliphatic carbocycles. The minimum atomic E-state index is -0.699. The topological polar surface area (TPSA) is 62.2 Å². The smallest absolute Gasteiger partial charge is 0.252 e. The molecule has 1 fully saturated rings. The summed E-state index contributed by atoms with van der Waals surface area (Å²) in [5, 5.41) is 16.1. The third-order valence-corrected chi connectivity index (χ3v) is 5.97. The van der Waals surface area contributed by atoms with Crippen molar-refractivity contribution in [3.8, 4) is 0 Å².